The van der Waals surface area contributed by atoms with E-state index in [0.717, 1.165) is 11.1 Å². The second kappa shape index (κ2) is 6.84. The fraction of sp³-hybridized carbons (Fsp3) is 0. The third kappa shape index (κ3) is 4.24. The molecule has 2 aromatic carbocycles. The Morgan fingerprint density at radius 1 is 0.667 bits per heavy atom. The maximum absolute atomic E-state index is 11.7. The summed E-state index contributed by atoms with van der Waals surface area (Å²) in [6.45, 7) is 0. The molecule has 18 heavy (non-hydrogen) atoms. The minimum Gasteiger partial charge on any atom is -0.607 e. The Balaban J connectivity index is 1.95. The summed E-state index contributed by atoms with van der Waals surface area (Å²) in [6, 6.07) is 19.7. The molecule has 0 aliphatic rings. The first-order valence-electron chi connectivity index (χ1n) is 5.70. The molecule has 0 aromatic heterocycles. The third-order valence-electron chi connectivity index (χ3n) is 2.39. The zero-order valence-corrected chi connectivity index (χ0v) is 10.7. The maximum atomic E-state index is 11.7. The molecule has 0 saturated carbocycles. The molecule has 0 atom stereocenters. The van der Waals surface area contributed by atoms with E-state index >= 15 is 0 Å². The van der Waals surface area contributed by atoms with Crippen LogP contribution in [0.1, 0.15) is 11.1 Å². The fourth-order valence-electron chi connectivity index (χ4n) is 1.46. The van der Waals surface area contributed by atoms with Crippen molar-refractivity contribution in [1.82, 2.24) is 0 Å². The van der Waals surface area contributed by atoms with Crippen LogP contribution in [-0.2, 0) is 11.2 Å². The molecule has 0 heterocycles. The monoisotopic (exact) mass is 254 g/mol. The second-order valence-corrected chi connectivity index (χ2v) is 4.96. The summed E-state index contributed by atoms with van der Waals surface area (Å²) in [5.74, 6) is 0. The minimum absolute atomic E-state index is 1.05. The molecule has 0 N–H and O–H groups in total. The maximum Gasteiger partial charge on any atom is 0.122 e. The van der Waals surface area contributed by atoms with Crippen molar-refractivity contribution < 1.29 is 4.55 Å². The summed E-state index contributed by atoms with van der Waals surface area (Å²) >= 11 is -1.08. The quantitative estimate of drug-likeness (QED) is 0.754. The smallest absolute Gasteiger partial charge is 0.122 e. The Morgan fingerprint density at radius 3 is 1.44 bits per heavy atom. The molecule has 2 aromatic rings. The van der Waals surface area contributed by atoms with E-state index in [9.17, 15) is 4.55 Å². The molecule has 0 aliphatic carbocycles. The normalized spacial score (nSPS) is 11.7. The van der Waals surface area contributed by atoms with Gasteiger partial charge in [-0.2, -0.15) is 0 Å². The minimum atomic E-state index is -1.08. The standard InChI is InChI=1S/C16H14OS/c17-18(13-11-15-7-3-1-4-8-15)14-12-16-9-5-2-6-10-16/h1-14H/b13-11+,14-12+. The zero-order chi connectivity index (χ0) is 12.6. The Morgan fingerprint density at radius 2 is 1.06 bits per heavy atom. The van der Waals surface area contributed by atoms with Crippen LogP contribution in [0, 0.1) is 0 Å². The Bertz CT molecular complexity index is 468. The third-order valence-corrected chi connectivity index (χ3v) is 3.20. The first-order valence-corrected chi connectivity index (χ1v) is 6.98. The molecule has 0 radical (unpaired) electrons. The van der Waals surface area contributed by atoms with E-state index in [-0.39, 0.29) is 0 Å². The van der Waals surface area contributed by atoms with E-state index in [2.05, 4.69) is 0 Å². The van der Waals surface area contributed by atoms with E-state index in [1.807, 2.05) is 72.8 Å². The van der Waals surface area contributed by atoms with Gasteiger partial charge in [0, 0.05) is 11.2 Å². The summed E-state index contributed by atoms with van der Waals surface area (Å²) in [5.41, 5.74) is 2.11. The molecule has 0 amide bonds. The molecule has 0 aliphatic heterocycles. The molecule has 2 rings (SSSR count). The van der Waals surface area contributed by atoms with Gasteiger partial charge in [-0.15, -0.1) is 0 Å². The summed E-state index contributed by atoms with van der Waals surface area (Å²) in [7, 11) is 0. The Kier molecular flexibility index (Phi) is 4.82. The van der Waals surface area contributed by atoms with E-state index in [1.165, 1.54) is 0 Å². The first-order chi connectivity index (χ1) is 8.84. The average molecular weight is 254 g/mol. The highest BCUT2D eigenvalue weighted by molar-refractivity contribution is 7.97. The van der Waals surface area contributed by atoms with Crippen molar-refractivity contribution in [2.24, 2.45) is 0 Å². The average Bonchev–Trinajstić information content (AvgIpc) is 2.45. The van der Waals surface area contributed by atoms with E-state index in [1.54, 1.807) is 10.8 Å². The van der Waals surface area contributed by atoms with Gasteiger partial charge in [-0.3, -0.25) is 0 Å². The number of benzene rings is 2. The molecular formula is C16H14OS. The molecule has 0 saturated heterocycles. The summed E-state index contributed by atoms with van der Waals surface area (Å²) in [5, 5.41) is 3.38. The largest absolute Gasteiger partial charge is 0.607 e. The van der Waals surface area contributed by atoms with Crippen LogP contribution in [0.2, 0.25) is 0 Å². The lowest BCUT2D eigenvalue weighted by molar-refractivity contribution is 0.612. The molecule has 0 bridgehead atoms. The van der Waals surface area contributed by atoms with Gasteiger partial charge >= 0.3 is 0 Å². The second-order valence-electron chi connectivity index (χ2n) is 3.76. The van der Waals surface area contributed by atoms with Crippen molar-refractivity contribution in [1.29, 1.82) is 0 Å². The zero-order valence-electron chi connectivity index (χ0n) is 9.90. The van der Waals surface area contributed by atoms with Crippen LogP contribution >= 0.6 is 0 Å². The Hall–Kier alpha value is -1.77. The van der Waals surface area contributed by atoms with Gasteiger partial charge in [-0.25, -0.2) is 0 Å². The van der Waals surface area contributed by atoms with Gasteiger partial charge in [0.1, 0.15) is 10.8 Å². The molecule has 2 heteroatoms. The topological polar surface area (TPSA) is 23.1 Å². The summed E-state index contributed by atoms with van der Waals surface area (Å²) in [4.78, 5) is 0. The predicted molar refractivity (Wildman–Crippen MR) is 79.1 cm³/mol. The van der Waals surface area contributed by atoms with Gasteiger partial charge < -0.3 is 4.55 Å². The first kappa shape index (κ1) is 12.7. The van der Waals surface area contributed by atoms with Crippen LogP contribution < -0.4 is 0 Å². The van der Waals surface area contributed by atoms with Crippen molar-refractivity contribution in [3.63, 3.8) is 0 Å². The molecule has 1 nitrogen and oxygen atoms in total. The van der Waals surface area contributed by atoms with Crippen molar-refractivity contribution in [2.75, 3.05) is 0 Å². The highest BCUT2D eigenvalue weighted by atomic mass is 32.2. The molecule has 90 valence electrons. The highest BCUT2D eigenvalue weighted by Crippen LogP contribution is 2.07. The SMILES string of the molecule is [O-][S+](/C=C/c1ccccc1)/C=C/c1ccccc1. The van der Waals surface area contributed by atoms with Crippen LogP contribution in [0.15, 0.2) is 71.5 Å². The van der Waals surface area contributed by atoms with Crippen molar-refractivity contribution in [2.45, 2.75) is 0 Å². The molecule has 0 fully saturated rings. The summed E-state index contributed by atoms with van der Waals surface area (Å²) < 4.78 is 11.7. The van der Waals surface area contributed by atoms with Crippen LogP contribution in [0.3, 0.4) is 0 Å². The Labute approximate surface area is 111 Å². The van der Waals surface area contributed by atoms with Crippen LogP contribution in [-0.4, -0.2) is 4.55 Å². The number of hydrogen-bond acceptors (Lipinski definition) is 1. The van der Waals surface area contributed by atoms with Crippen molar-refractivity contribution in [3.8, 4) is 0 Å². The van der Waals surface area contributed by atoms with Gasteiger partial charge in [0.05, 0.1) is 0 Å². The van der Waals surface area contributed by atoms with Gasteiger partial charge in [0.15, 0.2) is 0 Å². The predicted octanol–water partition coefficient (Wildman–Crippen LogP) is 4.08. The van der Waals surface area contributed by atoms with E-state index in [4.69, 9.17) is 0 Å². The van der Waals surface area contributed by atoms with Crippen molar-refractivity contribution in [3.05, 3.63) is 82.6 Å². The lowest BCUT2D eigenvalue weighted by atomic mass is 10.2. The lowest BCUT2D eigenvalue weighted by Gasteiger charge is -1.98. The van der Waals surface area contributed by atoms with Crippen LogP contribution in [0.25, 0.3) is 12.2 Å². The van der Waals surface area contributed by atoms with Gasteiger partial charge in [0.25, 0.3) is 0 Å². The van der Waals surface area contributed by atoms with E-state index < -0.39 is 11.2 Å². The fourth-order valence-corrected chi connectivity index (χ4v) is 2.14. The van der Waals surface area contributed by atoms with Crippen LogP contribution in [0.5, 0.6) is 0 Å². The summed E-state index contributed by atoms with van der Waals surface area (Å²) in [6.07, 6.45) is 3.73. The molecule has 0 unspecified atom stereocenters. The highest BCUT2D eigenvalue weighted by Gasteiger charge is 1.94. The molecular weight excluding hydrogens is 240 g/mol. The van der Waals surface area contributed by atoms with E-state index in [0.29, 0.717) is 0 Å². The van der Waals surface area contributed by atoms with Gasteiger partial charge in [-0.05, 0) is 23.3 Å². The lowest BCUT2D eigenvalue weighted by Crippen LogP contribution is -1.87. The number of hydrogen-bond donors (Lipinski definition) is 0. The van der Waals surface area contributed by atoms with Crippen LogP contribution in [0.4, 0.5) is 0 Å². The van der Waals surface area contributed by atoms with Gasteiger partial charge in [-0.1, -0.05) is 60.7 Å². The van der Waals surface area contributed by atoms with Crippen molar-refractivity contribution >= 4 is 23.3 Å². The van der Waals surface area contributed by atoms with Gasteiger partial charge in [0.2, 0.25) is 0 Å². The number of rotatable bonds is 4. The molecule has 0 spiro atoms.